The number of halogens is 3. The maximum Gasteiger partial charge on any atom is 0.416 e. The second-order valence-electron chi connectivity index (χ2n) is 4.68. The van der Waals surface area contributed by atoms with Gasteiger partial charge in [-0.3, -0.25) is 4.79 Å². The standard InChI is InChI=1S/C13H10F3N5OS/c14-13(15,16)8-1-3-9(4-2-8)18-10(22)5-6-11-20-21-7-17-19-12(21)23-11/h1-4,7H,5-6H2,(H,18,22). The van der Waals surface area contributed by atoms with Crippen molar-refractivity contribution in [3.8, 4) is 0 Å². The van der Waals surface area contributed by atoms with E-state index in [1.165, 1.54) is 34.3 Å². The summed E-state index contributed by atoms with van der Waals surface area (Å²) < 4.78 is 38.9. The maximum atomic E-state index is 12.4. The van der Waals surface area contributed by atoms with E-state index in [1.54, 1.807) is 0 Å². The largest absolute Gasteiger partial charge is 0.416 e. The van der Waals surface area contributed by atoms with Gasteiger partial charge in [0.1, 0.15) is 11.3 Å². The van der Waals surface area contributed by atoms with E-state index in [1.807, 2.05) is 0 Å². The van der Waals surface area contributed by atoms with Gasteiger partial charge in [-0.15, -0.1) is 10.2 Å². The Hall–Kier alpha value is -2.49. The highest BCUT2D eigenvalue weighted by Crippen LogP contribution is 2.29. The van der Waals surface area contributed by atoms with Crippen molar-refractivity contribution in [1.29, 1.82) is 0 Å². The molecule has 3 rings (SSSR count). The average Bonchev–Trinajstić information content (AvgIpc) is 3.05. The zero-order valence-electron chi connectivity index (χ0n) is 11.5. The van der Waals surface area contributed by atoms with Gasteiger partial charge >= 0.3 is 6.18 Å². The molecule has 0 aliphatic carbocycles. The van der Waals surface area contributed by atoms with Crippen LogP contribution in [0.15, 0.2) is 30.6 Å². The van der Waals surface area contributed by atoms with Gasteiger partial charge in [0.05, 0.1) is 5.56 Å². The number of hydrogen-bond acceptors (Lipinski definition) is 5. The molecule has 1 amide bonds. The second-order valence-corrected chi connectivity index (χ2v) is 5.72. The minimum Gasteiger partial charge on any atom is -0.326 e. The zero-order chi connectivity index (χ0) is 16.4. The average molecular weight is 341 g/mol. The van der Waals surface area contributed by atoms with E-state index < -0.39 is 11.7 Å². The van der Waals surface area contributed by atoms with Crippen molar-refractivity contribution >= 4 is 27.9 Å². The molecule has 2 aromatic heterocycles. The number of rotatable bonds is 4. The molecular formula is C13H10F3N5OS. The second kappa shape index (κ2) is 5.95. The number of carbonyl (C=O) groups excluding carboxylic acids is 1. The smallest absolute Gasteiger partial charge is 0.326 e. The first-order valence-electron chi connectivity index (χ1n) is 6.55. The van der Waals surface area contributed by atoms with Gasteiger partial charge in [-0.2, -0.15) is 22.8 Å². The molecule has 0 radical (unpaired) electrons. The summed E-state index contributed by atoms with van der Waals surface area (Å²) in [6, 6.07) is 4.31. The monoisotopic (exact) mass is 341 g/mol. The van der Waals surface area contributed by atoms with Crippen molar-refractivity contribution in [3.63, 3.8) is 0 Å². The van der Waals surface area contributed by atoms with E-state index in [-0.39, 0.29) is 12.3 Å². The van der Waals surface area contributed by atoms with Crippen LogP contribution in [0.25, 0.3) is 4.96 Å². The number of nitrogens with zero attached hydrogens (tertiary/aromatic N) is 4. The van der Waals surface area contributed by atoms with Crippen LogP contribution in [-0.2, 0) is 17.4 Å². The van der Waals surface area contributed by atoms with Gasteiger partial charge in [-0.25, -0.2) is 0 Å². The summed E-state index contributed by atoms with van der Waals surface area (Å²) in [5.74, 6) is -0.296. The Morgan fingerprint density at radius 2 is 2.00 bits per heavy atom. The van der Waals surface area contributed by atoms with E-state index in [9.17, 15) is 18.0 Å². The van der Waals surface area contributed by atoms with Crippen LogP contribution in [0.4, 0.5) is 18.9 Å². The van der Waals surface area contributed by atoms with Crippen molar-refractivity contribution in [1.82, 2.24) is 19.8 Å². The summed E-state index contributed by atoms with van der Waals surface area (Å²) in [7, 11) is 0. The lowest BCUT2D eigenvalue weighted by Crippen LogP contribution is -2.13. The third-order valence-electron chi connectivity index (χ3n) is 2.99. The van der Waals surface area contributed by atoms with Crippen LogP contribution in [0.2, 0.25) is 0 Å². The Morgan fingerprint density at radius 1 is 1.26 bits per heavy atom. The molecule has 0 saturated heterocycles. The van der Waals surface area contributed by atoms with Gasteiger partial charge in [-0.1, -0.05) is 11.3 Å². The number of hydrogen-bond donors (Lipinski definition) is 1. The van der Waals surface area contributed by atoms with Gasteiger partial charge in [0.2, 0.25) is 10.9 Å². The van der Waals surface area contributed by atoms with Gasteiger partial charge in [0.25, 0.3) is 0 Å². The third kappa shape index (κ3) is 3.65. The normalized spacial score (nSPS) is 11.8. The van der Waals surface area contributed by atoms with E-state index in [4.69, 9.17) is 0 Å². The fourth-order valence-corrected chi connectivity index (χ4v) is 2.70. The number of aromatic nitrogens is 4. The van der Waals surface area contributed by atoms with Crippen LogP contribution in [0.1, 0.15) is 17.0 Å². The Balaban J connectivity index is 1.55. The Labute approximate surface area is 132 Å². The number of alkyl halides is 3. The van der Waals surface area contributed by atoms with E-state index in [2.05, 4.69) is 20.6 Å². The van der Waals surface area contributed by atoms with Crippen LogP contribution in [0, 0.1) is 0 Å². The SMILES string of the molecule is O=C(CCc1nn2cnnc2s1)Nc1ccc(C(F)(F)F)cc1. The first-order valence-corrected chi connectivity index (χ1v) is 7.36. The fraction of sp³-hybridized carbons (Fsp3) is 0.231. The van der Waals surface area contributed by atoms with Crippen LogP contribution in [0.5, 0.6) is 0 Å². The lowest BCUT2D eigenvalue weighted by atomic mass is 10.2. The molecule has 23 heavy (non-hydrogen) atoms. The summed E-state index contributed by atoms with van der Waals surface area (Å²) in [4.78, 5) is 12.5. The van der Waals surface area contributed by atoms with Crippen LogP contribution >= 0.6 is 11.3 Å². The highest BCUT2D eigenvalue weighted by molar-refractivity contribution is 7.16. The van der Waals surface area contributed by atoms with Crippen molar-refractivity contribution in [3.05, 3.63) is 41.2 Å². The molecule has 0 spiro atoms. The molecule has 0 bridgehead atoms. The summed E-state index contributed by atoms with van der Waals surface area (Å²) in [5, 5.41) is 15.0. The first kappa shape index (κ1) is 15.4. The van der Waals surface area contributed by atoms with Gasteiger partial charge in [-0.05, 0) is 24.3 Å². The highest BCUT2D eigenvalue weighted by atomic mass is 32.1. The van der Waals surface area contributed by atoms with Crippen LogP contribution in [-0.4, -0.2) is 25.7 Å². The molecule has 120 valence electrons. The molecule has 10 heteroatoms. The van der Waals surface area contributed by atoms with Gasteiger partial charge in [0, 0.05) is 18.5 Å². The minimum atomic E-state index is -4.39. The number of fused-ring (bicyclic) bond motifs is 1. The van der Waals surface area contributed by atoms with Gasteiger partial charge in [0.15, 0.2) is 0 Å². The van der Waals surface area contributed by atoms with E-state index >= 15 is 0 Å². The number of benzene rings is 1. The summed E-state index contributed by atoms with van der Waals surface area (Å²) in [6.07, 6.45) is -2.33. The molecule has 0 saturated carbocycles. The summed E-state index contributed by atoms with van der Waals surface area (Å²) in [5.41, 5.74) is -0.434. The third-order valence-corrected chi connectivity index (χ3v) is 3.96. The van der Waals surface area contributed by atoms with Gasteiger partial charge < -0.3 is 5.32 Å². The number of anilines is 1. The predicted octanol–water partition coefficient (Wildman–Crippen LogP) is 2.78. The number of amides is 1. The Morgan fingerprint density at radius 3 is 2.65 bits per heavy atom. The van der Waals surface area contributed by atoms with Crippen molar-refractivity contribution in [2.24, 2.45) is 0 Å². The molecule has 3 aromatic rings. The van der Waals surface area contributed by atoms with Crippen molar-refractivity contribution in [2.75, 3.05) is 5.32 Å². The molecule has 0 aliphatic heterocycles. The quantitative estimate of drug-likeness (QED) is 0.792. The predicted molar refractivity (Wildman–Crippen MR) is 77.1 cm³/mol. The molecule has 2 heterocycles. The number of carbonyl (C=O) groups is 1. The summed E-state index contributed by atoms with van der Waals surface area (Å²) >= 11 is 1.33. The number of aryl methyl sites for hydroxylation is 1. The molecule has 0 fully saturated rings. The highest BCUT2D eigenvalue weighted by Gasteiger charge is 2.29. The molecule has 0 unspecified atom stereocenters. The van der Waals surface area contributed by atoms with Crippen molar-refractivity contribution < 1.29 is 18.0 Å². The van der Waals surface area contributed by atoms with E-state index in [0.717, 1.165) is 17.1 Å². The first-order chi connectivity index (χ1) is 10.9. The minimum absolute atomic E-state index is 0.172. The van der Waals surface area contributed by atoms with Crippen molar-refractivity contribution in [2.45, 2.75) is 19.0 Å². The molecule has 1 aromatic carbocycles. The molecular weight excluding hydrogens is 331 g/mol. The lowest BCUT2D eigenvalue weighted by Gasteiger charge is -2.08. The van der Waals surface area contributed by atoms with E-state index in [0.29, 0.717) is 17.1 Å². The molecule has 0 atom stereocenters. The van der Waals surface area contributed by atoms with Crippen LogP contribution in [0.3, 0.4) is 0 Å². The Kier molecular flexibility index (Phi) is 3.99. The van der Waals surface area contributed by atoms with Crippen LogP contribution < -0.4 is 5.32 Å². The summed E-state index contributed by atoms with van der Waals surface area (Å²) in [6.45, 7) is 0. The number of nitrogens with one attached hydrogen (secondary N) is 1. The topological polar surface area (TPSA) is 72.2 Å². The lowest BCUT2D eigenvalue weighted by molar-refractivity contribution is -0.137. The fourth-order valence-electron chi connectivity index (χ4n) is 1.89. The maximum absolute atomic E-state index is 12.4. The molecule has 6 nitrogen and oxygen atoms in total. The molecule has 0 aliphatic rings. The molecule has 1 N–H and O–H groups in total. The Bertz CT molecular complexity index is 796. The zero-order valence-corrected chi connectivity index (χ0v) is 12.4.